The number of amides is 2. The predicted molar refractivity (Wildman–Crippen MR) is 131 cm³/mol. The molecule has 3 saturated carbocycles. The Morgan fingerprint density at radius 1 is 1.06 bits per heavy atom. The van der Waals surface area contributed by atoms with Crippen molar-refractivity contribution in [2.45, 2.75) is 78.3 Å². The van der Waals surface area contributed by atoms with Crippen molar-refractivity contribution in [3.8, 4) is 0 Å². The molecule has 7 atom stereocenters. The third-order valence-corrected chi connectivity index (χ3v) is 10.4. The molecule has 0 bridgehead atoms. The van der Waals surface area contributed by atoms with Gasteiger partial charge < -0.3 is 10.2 Å². The minimum Gasteiger partial charge on any atom is -0.352 e. The second kappa shape index (κ2) is 8.29. The Hall–Kier alpha value is -2.10. The molecule has 0 aromatic heterocycles. The van der Waals surface area contributed by atoms with Gasteiger partial charge in [0.15, 0.2) is 0 Å². The summed E-state index contributed by atoms with van der Waals surface area (Å²) in [6.45, 7) is 7.60. The van der Waals surface area contributed by atoms with Crippen LogP contribution < -0.4 is 5.32 Å². The molecule has 1 heterocycles. The fourth-order valence-corrected chi connectivity index (χ4v) is 8.39. The number of carbonyl (C=O) groups excluding carboxylic acids is 2. The van der Waals surface area contributed by atoms with Gasteiger partial charge in [0, 0.05) is 31.5 Å². The number of hydrogen-bond acceptors (Lipinski definition) is 2. The van der Waals surface area contributed by atoms with Crippen LogP contribution >= 0.6 is 0 Å². The van der Waals surface area contributed by atoms with E-state index in [0.29, 0.717) is 36.8 Å². The molecule has 2 amide bonds. The van der Waals surface area contributed by atoms with Crippen LogP contribution in [0.4, 0.5) is 0 Å². The first kappa shape index (κ1) is 22.7. The van der Waals surface area contributed by atoms with Gasteiger partial charge in [-0.1, -0.05) is 49.8 Å². The fraction of sp³-hybridized carbons (Fsp3) is 0.655. The Kier molecular flexibility index (Phi) is 5.69. The monoisotopic (exact) mass is 448 g/mol. The Bertz CT molecular complexity index is 953. The number of carbonyl (C=O) groups is 2. The van der Waals surface area contributed by atoms with Crippen LogP contribution in [0.5, 0.6) is 0 Å². The number of aryl methyl sites for hydroxylation is 1. The highest BCUT2D eigenvalue weighted by atomic mass is 16.2. The summed E-state index contributed by atoms with van der Waals surface area (Å²) in [5.41, 5.74) is 2.77. The zero-order valence-electron chi connectivity index (χ0n) is 20.8. The Morgan fingerprint density at radius 2 is 1.82 bits per heavy atom. The van der Waals surface area contributed by atoms with Gasteiger partial charge in [-0.15, -0.1) is 0 Å². The number of nitrogens with one attached hydrogen (secondary N) is 1. The molecule has 1 aliphatic heterocycles. The largest absolute Gasteiger partial charge is 0.352 e. The summed E-state index contributed by atoms with van der Waals surface area (Å²) in [5, 5.41) is 3.18. The van der Waals surface area contributed by atoms with Crippen molar-refractivity contribution in [1.29, 1.82) is 0 Å². The lowest BCUT2D eigenvalue weighted by Gasteiger charge is -2.60. The first-order valence-electron chi connectivity index (χ1n) is 13.0. The van der Waals surface area contributed by atoms with E-state index in [2.05, 4.69) is 56.4 Å². The van der Waals surface area contributed by atoms with Gasteiger partial charge in [0.25, 0.3) is 0 Å². The molecule has 0 radical (unpaired) electrons. The first-order chi connectivity index (χ1) is 15.7. The normalized spacial score (nSPS) is 39.6. The zero-order chi connectivity index (χ0) is 23.4. The van der Waals surface area contributed by atoms with Crippen LogP contribution in [0.15, 0.2) is 36.4 Å². The van der Waals surface area contributed by atoms with Crippen molar-refractivity contribution < 1.29 is 9.59 Å². The van der Waals surface area contributed by atoms with Gasteiger partial charge >= 0.3 is 0 Å². The summed E-state index contributed by atoms with van der Waals surface area (Å²) in [6.07, 6.45) is 11.9. The second-order valence-electron chi connectivity index (χ2n) is 11.9. The van der Waals surface area contributed by atoms with Crippen LogP contribution in [-0.4, -0.2) is 29.8 Å². The van der Waals surface area contributed by atoms with E-state index in [0.717, 1.165) is 12.3 Å². The van der Waals surface area contributed by atoms with E-state index in [9.17, 15) is 9.59 Å². The van der Waals surface area contributed by atoms with Crippen LogP contribution in [-0.2, 0) is 16.1 Å². The maximum atomic E-state index is 12.9. The second-order valence-corrected chi connectivity index (χ2v) is 11.9. The molecule has 1 N–H and O–H groups in total. The molecule has 4 unspecified atom stereocenters. The number of fused-ring (bicyclic) bond motifs is 5. The standard InChI is InChI=1S/C29H40N2O2/c1-19-5-7-20(8-6-19)18-30-26(32)17-21-9-11-23-22-10-12-25-29(3,16-14-27(33)31(25)4)24(22)13-15-28(21,23)2/h5-8,14,16,21-25H,9-13,15,17-18H2,1-4H3,(H,30,32)/t21-,22?,23?,24?,25?,28-,29-/m1/s1. The van der Waals surface area contributed by atoms with Gasteiger partial charge in [-0.25, -0.2) is 0 Å². The van der Waals surface area contributed by atoms with Crippen LogP contribution in [0.3, 0.4) is 0 Å². The molecule has 1 aromatic rings. The van der Waals surface area contributed by atoms with Gasteiger partial charge in [-0.05, 0) is 86.2 Å². The molecular weight excluding hydrogens is 408 g/mol. The van der Waals surface area contributed by atoms with E-state index >= 15 is 0 Å². The quantitative estimate of drug-likeness (QED) is 0.683. The van der Waals surface area contributed by atoms with Crippen molar-refractivity contribution in [3.05, 3.63) is 47.5 Å². The summed E-state index contributed by atoms with van der Waals surface area (Å²) in [6, 6.07) is 8.75. The van der Waals surface area contributed by atoms with Crippen LogP contribution in [0.2, 0.25) is 0 Å². The minimum absolute atomic E-state index is 0.0937. The Labute approximate surface area is 199 Å². The van der Waals surface area contributed by atoms with E-state index < -0.39 is 0 Å². The van der Waals surface area contributed by atoms with Crippen molar-refractivity contribution >= 4 is 11.8 Å². The highest BCUT2D eigenvalue weighted by molar-refractivity contribution is 5.89. The number of likely N-dealkylation sites (N-methyl/N-ethyl adjacent to an activating group) is 1. The van der Waals surface area contributed by atoms with Gasteiger partial charge in [-0.3, -0.25) is 9.59 Å². The van der Waals surface area contributed by atoms with E-state index in [4.69, 9.17) is 0 Å². The Morgan fingerprint density at radius 3 is 2.58 bits per heavy atom. The van der Waals surface area contributed by atoms with Crippen LogP contribution in [0.1, 0.15) is 69.9 Å². The van der Waals surface area contributed by atoms with Crippen molar-refractivity contribution in [3.63, 3.8) is 0 Å². The molecule has 33 heavy (non-hydrogen) atoms. The maximum Gasteiger partial charge on any atom is 0.246 e. The molecule has 0 saturated heterocycles. The maximum absolute atomic E-state index is 12.9. The molecule has 4 aliphatic rings. The molecule has 4 heteroatoms. The lowest BCUT2D eigenvalue weighted by Crippen LogP contribution is -2.59. The molecule has 3 fully saturated rings. The summed E-state index contributed by atoms with van der Waals surface area (Å²) in [4.78, 5) is 27.2. The topological polar surface area (TPSA) is 49.4 Å². The molecule has 5 rings (SSSR count). The van der Waals surface area contributed by atoms with Crippen LogP contribution in [0.25, 0.3) is 0 Å². The lowest BCUT2D eigenvalue weighted by atomic mass is 9.47. The zero-order valence-corrected chi connectivity index (χ0v) is 20.8. The average Bonchev–Trinajstić information content (AvgIpc) is 3.12. The predicted octanol–water partition coefficient (Wildman–Crippen LogP) is 5.26. The molecule has 0 spiro atoms. The number of benzene rings is 1. The highest BCUT2D eigenvalue weighted by Gasteiger charge is 2.60. The number of rotatable bonds is 4. The van der Waals surface area contributed by atoms with Gasteiger partial charge in [-0.2, -0.15) is 0 Å². The minimum atomic E-state index is 0.0937. The first-order valence-corrected chi connectivity index (χ1v) is 13.0. The fourth-order valence-electron chi connectivity index (χ4n) is 8.39. The third-order valence-electron chi connectivity index (χ3n) is 10.4. The van der Waals surface area contributed by atoms with Gasteiger partial charge in [0.2, 0.25) is 11.8 Å². The van der Waals surface area contributed by atoms with Crippen molar-refractivity contribution in [2.75, 3.05) is 7.05 Å². The summed E-state index contributed by atoms with van der Waals surface area (Å²) >= 11 is 0. The average molecular weight is 449 g/mol. The highest BCUT2D eigenvalue weighted by Crippen LogP contribution is 2.65. The smallest absolute Gasteiger partial charge is 0.246 e. The number of hydrogen-bond donors (Lipinski definition) is 1. The molecule has 1 aromatic carbocycles. The van der Waals surface area contributed by atoms with E-state index in [1.807, 2.05) is 18.0 Å². The van der Waals surface area contributed by atoms with Crippen LogP contribution in [0, 0.1) is 41.4 Å². The molecule has 3 aliphatic carbocycles. The van der Waals surface area contributed by atoms with E-state index in [1.165, 1.54) is 43.2 Å². The Balaban J connectivity index is 1.26. The summed E-state index contributed by atoms with van der Waals surface area (Å²) in [5.74, 6) is 2.93. The molecule has 178 valence electrons. The van der Waals surface area contributed by atoms with E-state index in [1.54, 1.807) is 0 Å². The lowest BCUT2D eigenvalue weighted by molar-refractivity contribution is -0.139. The van der Waals surface area contributed by atoms with E-state index in [-0.39, 0.29) is 22.6 Å². The summed E-state index contributed by atoms with van der Waals surface area (Å²) in [7, 11) is 1.99. The number of nitrogens with zero attached hydrogens (tertiary/aromatic N) is 1. The molecular formula is C29H40N2O2. The SMILES string of the molecule is Cc1ccc(CNC(=O)C[C@H]2CCC3C4CCC5N(C)C(=O)C=C[C@]5(C)C4CC[C@@]32C)cc1. The van der Waals surface area contributed by atoms with Gasteiger partial charge in [0.1, 0.15) is 0 Å². The van der Waals surface area contributed by atoms with Gasteiger partial charge in [0.05, 0.1) is 0 Å². The third kappa shape index (κ3) is 3.74. The van der Waals surface area contributed by atoms with Crippen molar-refractivity contribution in [2.24, 2.45) is 34.5 Å². The molecule has 4 nitrogen and oxygen atoms in total. The summed E-state index contributed by atoms with van der Waals surface area (Å²) < 4.78 is 0. The van der Waals surface area contributed by atoms with Crippen molar-refractivity contribution in [1.82, 2.24) is 10.2 Å².